The van der Waals surface area contributed by atoms with E-state index in [1.54, 1.807) is 0 Å². The van der Waals surface area contributed by atoms with Crippen LogP contribution in [0.25, 0.3) is 10.8 Å². The molecule has 0 spiro atoms. The Balaban J connectivity index is 2.36. The van der Waals surface area contributed by atoms with Gasteiger partial charge < -0.3 is 10.4 Å². The number of carbonyl (C=O) groups is 2. The van der Waals surface area contributed by atoms with Crippen LogP contribution in [0.5, 0.6) is 0 Å². The first-order chi connectivity index (χ1) is 8.72. The molecule has 0 bridgehead atoms. The Morgan fingerprint density at radius 3 is 2.67 bits per heavy atom. The van der Waals surface area contributed by atoms with E-state index >= 15 is 0 Å². The summed E-state index contributed by atoms with van der Waals surface area (Å²) in [6.07, 6.45) is 0.694. The second-order valence-electron chi connectivity index (χ2n) is 4.02. The molecule has 2 N–H and O–H groups in total. The normalized spacial score (nSPS) is 12.0. The lowest BCUT2D eigenvalue weighted by molar-refractivity contribution is -0.140. The lowest BCUT2D eigenvalue weighted by Gasteiger charge is -2.12. The van der Waals surface area contributed by atoms with Gasteiger partial charge in [0.25, 0.3) is 0 Å². The van der Waals surface area contributed by atoms with E-state index < -0.39 is 12.0 Å². The first-order valence-corrected chi connectivity index (χ1v) is 5.61. The van der Waals surface area contributed by atoms with Crippen LogP contribution in [0.4, 0.5) is 0 Å². The molecule has 2 rings (SSSR count). The van der Waals surface area contributed by atoms with Gasteiger partial charge in [-0.1, -0.05) is 42.5 Å². The highest BCUT2D eigenvalue weighted by atomic mass is 16.4. The summed E-state index contributed by atoms with van der Waals surface area (Å²) >= 11 is 0. The van der Waals surface area contributed by atoms with E-state index in [-0.39, 0.29) is 6.42 Å². The minimum atomic E-state index is -1.03. The number of hydrogen-bond donors (Lipinski definition) is 2. The number of nitrogens with one attached hydrogen (secondary N) is 1. The van der Waals surface area contributed by atoms with Gasteiger partial charge in [-0.25, -0.2) is 4.79 Å². The van der Waals surface area contributed by atoms with Gasteiger partial charge in [-0.2, -0.15) is 0 Å². The number of carbonyl (C=O) groups excluding carboxylic acids is 1. The summed E-state index contributed by atoms with van der Waals surface area (Å²) < 4.78 is 0. The number of benzene rings is 2. The van der Waals surface area contributed by atoms with E-state index in [0.29, 0.717) is 6.41 Å². The van der Waals surface area contributed by atoms with Crippen LogP contribution in [-0.4, -0.2) is 23.5 Å². The first kappa shape index (κ1) is 12.1. The van der Waals surface area contributed by atoms with E-state index in [2.05, 4.69) is 5.32 Å². The molecule has 0 radical (unpaired) electrons. The second-order valence-corrected chi connectivity index (χ2v) is 4.02. The van der Waals surface area contributed by atoms with Gasteiger partial charge in [0, 0.05) is 6.42 Å². The summed E-state index contributed by atoms with van der Waals surface area (Å²) in [5, 5.41) is 13.4. The zero-order valence-corrected chi connectivity index (χ0v) is 9.67. The van der Waals surface area contributed by atoms with Gasteiger partial charge in [-0.15, -0.1) is 0 Å². The average molecular weight is 243 g/mol. The van der Waals surface area contributed by atoms with Crippen molar-refractivity contribution in [3.05, 3.63) is 48.0 Å². The highest BCUT2D eigenvalue weighted by molar-refractivity contribution is 5.86. The number of amides is 1. The Morgan fingerprint density at radius 1 is 1.22 bits per heavy atom. The monoisotopic (exact) mass is 243 g/mol. The molecule has 0 saturated carbocycles. The van der Waals surface area contributed by atoms with Crippen molar-refractivity contribution >= 4 is 23.2 Å². The Morgan fingerprint density at radius 2 is 1.94 bits per heavy atom. The maximum Gasteiger partial charge on any atom is 0.326 e. The fraction of sp³-hybridized carbons (Fsp3) is 0.143. The van der Waals surface area contributed by atoms with Crippen molar-refractivity contribution in [2.45, 2.75) is 12.5 Å². The number of aliphatic carboxylic acids is 1. The van der Waals surface area contributed by atoms with Crippen molar-refractivity contribution in [2.75, 3.05) is 0 Å². The maximum atomic E-state index is 11.0. The third kappa shape index (κ3) is 2.48. The standard InChI is InChI=1S/C14H13NO3/c16-9-15-13(14(17)18)8-11-6-3-5-10-4-1-2-7-12(10)11/h1-7,9,13H,8H2,(H,15,16)(H,17,18)/t13-/m0/s1. The highest BCUT2D eigenvalue weighted by Gasteiger charge is 2.17. The van der Waals surface area contributed by atoms with Crippen molar-refractivity contribution in [1.82, 2.24) is 5.32 Å². The van der Waals surface area contributed by atoms with Crippen LogP contribution < -0.4 is 5.32 Å². The van der Waals surface area contributed by atoms with Gasteiger partial charge >= 0.3 is 5.97 Å². The van der Waals surface area contributed by atoms with Crippen LogP contribution in [0.2, 0.25) is 0 Å². The molecular formula is C14H13NO3. The van der Waals surface area contributed by atoms with E-state index in [1.165, 1.54) is 0 Å². The van der Waals surface area contributed by atoms with Crippen LogP contribution in [-0.2, 0) is 16.0 Å². The van der Waals surface area contributed by atoms with E-state index in [4.69, 9.17) is 5.11 Å². The van der Waals surface area contributed by atoms with Gasteiger partial charge in [0.15, 0.2) is 0 Å². The van der Waals surface area contributed by atoms with Crippen LogP contribution in [0.3, 0.4) is 0 Å². The van der Waals surface area contributed by atoms with Gasteiger partial charge in [-0.3, -0.25) is 4.79 Å². The molecule has 0 heterocycles. The Labute approximate surface area is 104 Å². The fourth-order valence-electron chi connectivity index (χ4n) is 1.99. The number of fused-ring (bicyclic) bond motifs is 1. The number of carboxylic acids is 1. The zero-order valence-electron chi connectivity index (χ0n) is 9.67. The molecule has 1 atom stereocenters. The molecule has 0 saturated heterocycles. The van der Waals surface area contributed by atoms with Gasteiger partial charge in [0.2, 0.25) is 6.41 Å². The number of rotatable bonds is 5. The molecule has 2 aromatic rings. The SMILES string of the molecule is O=CN[C@@H](Cc1cccc2ccccc12)C(=O)O. The second kappa shape index (κ2) is 5.31. The summed E-state index contributed by atoms with van der Waals surface area (Å²) in [4.78, 5) is 21.4. The minimum absolute atomic E-state index is 0.273. The lowest BCUT2D eigenvalue weighted by Crippen LogP contribution is -2.37. The summed E-state index contributed by atoms with van der Waals surface area (Å²) in [6.45, 7) is 0. The lowest BCUT2D eigenvalue weighted by atomic mass is 9.99. The fourth-order valence-corrected chi connectivity index (χ4v) is 1.99. The quantitative estimate of drug-likeness (QED) is 0.783. The summed E-state index contributed by atoms with van der Waals surface area (Å²) in [5.74, 6) is -1.03. The molecule has 4 heteroatoms. The smallest absolute Gasteiger partial charge is 0.326 e. The molecule has 0 aliphatic heterocycles. The molecule has 4 nitrogen and oxygen atoms in total. The predicted molar refractivity (Wildman–Crippen MR) is 68.3 cm³/mol. The zero-order chi connectivity index (χ0) is 13.0. The maximum absolute atomic E-state index is 11.0. The van der Waals surface area contributed by atoms with Crippen molar-refractivity contribution in [2.24, 2.45) is 0 Å². The van der Waals surface area contributed by atoms with E-state index in [1.807, 2.05) is 42.5 Å². The summed E-state index contributed by atoms with van der Waals surface area (Å²) in [5.41, 5.74) is 0.912. The van der Waals surface area contributed by atoms with Crippen molar-refractivity contribution in [1.29, 1.82) is 0 Å². The molecule has 0 aromatic heterocycles. The van der Waals surface area contributed by atoms with Crippen molar-refractivity contribution in [3.8, 4) is 0 Å². The number of carboxylic acid groups (broad SMARTS) is 1. The van der Waals surface area contributed by atoms with Gasteiger partial charge in [0.05, 0.1) is 0 Å². The highest BCUT2D eigenvalue weighted by Crippen LogP contribution is 2.19. The van der Waals surface area contributed by atoms with Crippen LogP contribution >= 0.6 is 0 Å². The largest absolute Gasteiger partial charge is 0.480 e. The van der Waals surface area contributed by atoms with Crippen LogP contribution in [0.15, 0.2) is 42.5 Å². The van der Waals surface area contributed by atoms with Crippen molar-refractivity contribution in [3.63, 3.8) is 0 Å². The molecule has 2 aromatic carbocycles. The summed E-state index contributed by atoms with van der Waals surface area (Å²) in [7, 11) is 0. The molecule has 1 amide bonds. The van der Waals surface area contributed by atoms with Gasteiger partial charge in [-0.05, 0) is 16.3 Å². The molecule has 0 unspecified atom stereocenters. The molecule has 0 aliphatic rings. The van der Waals surface area contributed by atoms with Crippen LogP contribution in [0, 0.1) is 0 Å². The molecule has 0 fully saturated rings. The number of hydrogen-bond acceptors (Lipinski definition) is 2. The van der Waals surface area contributed by atoms with E-state index in [0.717, 1.165) is 16.3 Å². The average Bonchev–Trinajstić information content (AvgIpc) is 2.38. The molecular weight excluding hydrogens is 230 g/mol. The Kier molecular flexibility index (Phi) is 3.57. The van der Waals surface area contributed by atoms with E-state index in [9.17, 15) is 9.59 Å². The predicted octanol–water partition coefficient (Wildman–Crippen LogP) is 1.58. The Hall–Kier alpha value is -2.36. The summed E-state index contributed by atoms with van der Waals surface area (Å²) in [6, 6.07) is 12.6. The third-order valence-electron chi connectivity index (χ3n) is 2.87. The van der Waals surface area contributed by atoms with Gasteiger partial charge in [0.1, 0.15) is 6.04 Å². The Bertz CT molecular complexity index is 575. The first-order valence-electron chi connectivity index (χ1n) is 5.61. The molecule has 0 aliphatic carbocycles. The van der Waals surface area contributed by atoms with Crippen LogP contribution in [0.1, 0.15) is 5.56 Å². The van der Waals surface area contributed by atoms with Crippen molar-refractivity contribution < 1.29 is 14.7 Å². The molecule has 18 heavy (non-hydrogen) atoms. The minimum Gasteiger partial charge on any atom is -0.480 e. The topological polar surface area (TPSA) is 66.4 Å². The molecule has 92 valence electrons. The third-order valence-corrected chi connectivity index (χ3v) is 2.87.